The quantitative estimate of drug-likeness (QED) is 0.706. The Morgan fingerprint density at radius 3 is 2.56 bits per heavy atom. The number of aromatic nitrogens is 4. The first-order chi connectivity index (χ1) is 12.8. The Labute approximate surface area is 153 Å². The number of hydrogen-bond acceptors (Lipinski definition) is 6. The van der Waals surface area contributed by atoms with Crippen LogP contribution in [0.4, 0.5) is 19.0 Å². The number of fused-ring (bicyclic) bond motifs is 1. The van der Waals surface area contributed by atoms with Gasteiger partial charge in [0, 0.05) is 11.8 Å². The lowest BCUT2D eigenvalue weighted by atomic mass is 10.3. The van der Waals surface area contributed by atoms with E-state index in [1.165, 1.54) is 0 Å². The Morgan fingerprint density at radius 1 is 1.19 bits per heavy atom. The number of hydrogen-bond donors (Lipinski definition) is 1. The van der Waals surface area contributed by atoms with Gasteiger partial charge in [-0.25, -0.2) is 4.98 Å². The number of alkyl halides is 3. The molecule has 0 aliphatic rings. The third-order valence-electron chi connectivity index (χ3n) is 3.66. The number of nitrogens with one attached hydrogen (secondary N) is 1. The predicted molar refractivity (Wildman–Crippen MR) is 92.1 cm³/mol. The van der Waals surface area contributed by atoms with Crippen molar-refractivity contribution in [2.24, 2.45) is 0 Å². The zero-order chi connectivity index (χ0) is 19.6. The third kappa shape index (κ3) is 4.21. The van der Waals surface area contributed by atoms with E-state index in [1.807, 2.05) is 19.1 Å². The molecule has 0 aliphatic heterocycles. The van der Waals surface area contributed by atoms with Crippen LogP contribution in [0.5, 0.6) is 11.5 Å². The first-order valence-electron chi connectivity index (χ1n) is 8.13. The second-order valence-electron chi connectivity index (χ2n) is 5.89. The normalized spacial score (nSPS) is 12.8. The molecule has 0 saturated heterocycles. The van der Waals surface area contributed by atoms with Gasteiger partial charge < -0.3 is 14.8 Å². The van der Waals surface area contributed by atoms with Crippen LogP contribution in [0.2, 0.25) is 0 Å². The average molecular weight is 381 g/mol. The fourth-order valence-corrected chi connectivity index (χ4v) is 2.46. The Bertz CT molecular complexity index is 942. The van der Waals surface area contributed by atoms with Gasteiger partial charge in [-0.3, -0.25) is 0 Å². The molecule has 0 fully saturated rings. The summed E-state index contributed by atoms with van der Waals surface area (Å²) < 4.78 is 50.7. The molecule has 1 N–H and O–H groups in total. The van der Waals surface area contributed by atoms with E-state index < -0.39 is 12.0 Å². The van der Waals surface area contributed by atoms with Crippen molar-refractivity contribution in [3.8, 4) is 11.5 Å². The second kappa shape index (κ2) is 7.29. The van der Waals surface area contributed by atoms with Gasteiger partial charge >= 0.3 is 6.18 Å². The number of rotatable bonds is 6. The van der Waals surface area contributed by atoms with Crippen LogP contribution >= 0.6 is 0 Å². The van der Waals surface area contributed by atoms with E-state index in [1.54, 1.807) is 32.2 Å². The fourth-order valence-electron chi connectivity index (χ4n) is 2.46. The van der Waals surface area contributed by atoms with Gasteiger partial charge in [0.25, 0.3) is 11.6 Å². The van der Waals surface area contributed by atoms with Gasteiger partial charge in [0.2, 0.25) is 0 Å². The van der Waals surface area contributed by atoms with Crippen molar-refractivity contribution in [3.05, 3.63) is 41.9 Å². The summed E-state index contributed by atoms with van der Waals surface area (Å²) in [7, 11) is 1.55. The van der Waals surface area contributed by atoms with Crippen molar-refractivity contribution in [2.75, 3.05) is 19.0 Å². The van der Waals surface area contributed by atoms with Crippen molar-refractivity contribution in [1.29, 1.82) is 0 Å². The van der Waals surface area contributed by atoms with Crippen molar-refractivity contribution >= 4 is 11.6 Å². The SMILES string of the molecule is COc1ccccc1OC(C)CNc1cc(C)nc2nc(C(F)(F)F)nn12. The number of ether oxygens (including phenoxy) is 2. The minimum atomic E-state index is -4.64. The van der Waals surface area contributed by atoms with E-state index in [2.05, 4.69) is 20.4 Å². The topological polar surface area (TPSA) is 73.6 Å². The predicted octanol–water partition coefficient (Wildman–Crippen LogP) is 3.34. The molecule has 1 unspecified atom stereocenters. The van der Waals surface area contributed by atoms with Crippen molar-refractivity contribution < 1.29 is 22.6 Å². The highest BCUT2D eigenvalue weighted by atomic mass is 19.4. The molecule has 3 aromatic rings. The molecule has 0 saturated carbocycles. The number of aryl methyl sites for hydroxylation is 1. The molecule has 10 heteroatoms. The molecule has 1 aromatic carbocycles. The molecule has 2 aromatic heterocycles. The molecule has 0 aliphatic carbocycles. The van der Waals surface area contributed by atoms with E-state index in [0.717, 1.165) is 4.52 Å². The molecular formula is C17H18F3N5O2. The van der Waals surface area contributed by atoms with Gasteiger partial charge in [-0.1, -0.05) is 12.1 Å². The first kappa shape index (κ1) is 18.7. The van der Waals surface area contributed by atoms with Crippen LogP contribution < -0.4 is 14.8 Å². The van der Waals surface area contributed by atoms with Crippen LogP contribution in [0.15, 0.2) is 30.3 Å². The average Bonchev–Trinajstić information content (AvgIpc) is 3.04. The molecule has 2 heterocycles. The van der Waals surface area contributed by atoms with E-state index in [4.69, 9.17) is 9.47 Å². The summed E-state index contributed by atoms with van der Waals surface area (Å²) in [6.45, 7) is 3.81. The van der Waals surface area contributed by atoms with E-state index >= 15 is 0 Å². The van der Waals surface area contributed by atoms with E-state index in [-0.39, 0.29) is 11.9 Å². The zero-order valence-electron chi connectivity index (χ0n) is 14.9. The fraction of sp³-hybridized carbons (Fsp3) is 0.353. The highest BCUT2D eigenvalue weighted by Crippen LogP contribution is 2.28. The summed E-state index contributed by atoms with van der Waals surface area (Å²) in [6.07, 6.45) is -4.94. The highest BCUT2D eigenvalue weighted by Gasteiger charge is 2.36. The van der Waals surface area contributed by atoms with Crippen LogP contribution in [0.1, 0.15) is 18.4 Å². The molecule has 27 heavy (non-hydrogen) atoms. The number of para-hydroxylation sites is 2. The van der Waals surface area contributed by atoms with Gasteiger partial charge in [-0.2, -0.15) is 22.7 Å². The van der Waals surface area contributed by atoms with Crippen molar-refractivity contribution in [2.45, 2.75) is 26.1 Å². The molecular weight excluding hydrogens is 363 g/mol. The summed E-state index contributed by atoms with van der Waals surface area (Å²) in [6, 6.07) is 8.80. The number of anilines is 1. The lowest BCUT2D eigenvalue weighted by Gasteiger charge is -2.18. The molecule has 0 amide bonds. The monoisotopic (exact) mass is 381 g/mol. The first-order valence-corrected chi connectivity index (χ1v) is 8.13. The number of nitrogens with zero attached hydrogens (tertiary/aromatic N) is 4. The van der Waals surface area contributed by atoms with Crippen molar-refractivity contribution in [1.82, 2.24) is 19.6 Å². The molecule has 0 radical (unpaired) electrons. The van der Waals surface area contributed by atoms with Gasteiger partial charge in [-0.05, 0) is 26.0 Å². The summed E-state index contributed by atoms with van der Waals surface area (Å²) in [5, 5.41) is 6.55. The van der Waals surface area contributed by atoms with E-state index in [0.29, 0.717) is 29.6 Å². The maximum atomic E-state index is 12.9. The molecule has 0 spiro atoms. The Balaban J connectivity index is 1.77. The highest BCUT2D eigenvalue weighted by molar-refractivity contribution is 5.45. The van der Waals surface area contributed by atoms with Crippen LogP contribution in [0.25, 0.3) is 5.78 Å². The minimum Gasteiger partial charge on any atom is -0.493 e. The Kier molecular flexibility index (Phi) is 5.06. The number of halogens is 3. The number of benzene rings is 1. The number of methoxy groups -OCH3 is 1. The summed E-state index contributed by atoms with van der Waals surface area (Å²) in [4.78, 5) is 7.44. The standard InChI is InChI=1S/C17H18F3N5O2/c1-10-8-14(25-16(22-10)23-15(24-25)17(18,19)20)21-9-11(2)27-13-7-5-4-6-12(13)26-3/h4-8,11,21H,9H2,1-3H3. The molecule has 1 atom stereocenters. The smallest absolute Gasteiger partial charge is 0.453 e. The summed E-state index contributed by atoms with van der Waals surface area (Å²) >= 11 is 0. The maximum absolute atomic E-state index is 12.9. The maximum Gasteiger partial charge on any atom is 0.453 e. The molecule has 144 valence electrons. The molecule has 3 rings (SSSR count). The van der Waals surface area contributed by atoms with Crippen LogP contribution in [-0.2, 0) is 6.18 Å². The molecule has 0 bridgehead atoms. The van der Waals surface area contributed by atoms with Gasteiger partial charge in [-0.15, -0.1) is 5.10 Å². The van der Waals surface area contributed by atoms with Gasteiger partial charge in [0.05, 0.1) is 13.7 Å². The van der Waals surface area contributed by atoms with E-state index in [9.17, 15) is 13.2 Å². The second-order valence-corrected chi connectivity index (χ2v) is 5.89. The minimum absolute atomic E-state index is 0.122. The van der Waals surface area contributed by atoms with Crippen molar-refractivity contribution in [3.63, 3.8) is 0 Å². The molecule has 7 nitrogen and oxygen atoms in total. The Morgan fingerprint density at radius 2 is 1.89 bits per heavy atom. The Hall–Kier alpha value is -3.04. The lowest BCUT2D eigenvalue weighted by molar-refractivity contribution is -0.144. The van der Waals surface area contributed by atoms with Crippen LogP contribution in [-0.4, -0.2) is 39.3 Å². The van der Waals surface area contributed by atoms with Gasteiger partial charge in [0.1, 0.15) is 11.9 Å². The third-order valence-corrected chi connectivity index (χ3v) is 3.66. The summed E-state index contributed by atoms with van der Waals surface area (Å²) in [5.74, 6) is 0.157. The zero-order valence-corrected chi connectivity index (χ0v) is 14.9. The van der Waals surface area contributed by atoms with Crippen LogP contribution in [0, 0.1) is 6.92 Å². The van der Waals surface area contributed by atoms with Crippen LogP contribution in [0.3, 0.4) is 0 Å². The van der Waals surface area contributed by atoms with Gasteiger partial charge in [0.15, 0.2) is 11.5 Å². The largest absolute Gasteiger partial charge is 0.493 e. The summed E-state index contributed by atoms with van der Waals surface area (Å²) in [5.41, 5.74) is 0.518. The lowest BCUT2D eigenvalue weighted by Crippen LogP contribution is -2.24.